The van der Waals surface area contributed by atoms with Gasteiger partial charge in [0.15, 0.2) is 0 Å². The molecule has 0 radical (unpaired) electrons. The van der Waals surface area contributed by atoms with Crippen molar-refractivity contribution in [2.45, 2.75) is 30.9 Å². The Hall–Kier alpha value is -0.480. The normalized spacial score (nSPS) is 11.6. The second-order valence-electron chi connectivity index (χ2n) is 4.07. The van der Waals surface area contributed by atoms with Crippen molar-refractivity contribution < 1.29 is 9.90 Å². The number of rotatable bonds is 6. The zero-order chi connectivity index (χ0) is 11.3. The smallest absolute Gasteiger partial charge is 0.309 e. The summed E-state index contributed by atoms with van der Waals surface area (Å²) in [6.45, 7) is 3.57. The summed E-state index contributed by atoms with van der Waals surface area (Å²) in [6.07, 6.45) is 1.68. The van der Waals surface area contributed by atoms with Crippen molar-refractivity contribution in [2.75, 3.05) is 5.75 Å². The Morgan fingerprint density at radius 3 is 2.87 bits per heavy atom. The van der Waals surface area contributed by atoms with E-state index in [2.05, 4.69) is 11.4 Å². The van der Waals surface area contributed by atoms with Gasteiger partial charge in [-0.3, -0.25) is 4.79 Å². The van der Waals surface area contributed by atoms with Gasteiger partial charge < -0.3 is 5.11 Å². The molecule has 0 bridgehead atoms. The van der Waals surface area contributed by atoms with Crippen LogP contribution in [0.1, 0.15) is 26.7 Å². The molecule has 0 saturated heterocycles. The van der Waals surface area contributed by atoms with Gasteiger partial charge in [-0.05, 0) is 43.9 Å². The Morgan fingerprint density at radius 2 is 2.33 bits per heavy atom. The minimum atomic E-state index is -0.705. The van der Waals surface area contributed by atoms with Gasteiger partial charge in [-0.25, -0.2) is 0 Å². The molecule has 4 heteroatoms. The van der Waals surface area contributed by atoms with Crippen molar-refractivity contribution in [1.29, 1.82) is 0 Å². The third kappa shape index (κ3) is 4.26. The summed E-state index contributed by atoms with van der Waals surface area (Å²) in [5.74, 6) is 0.292. The van der Waals surface area contributed by atoms with Crippen molar-refractivity contribution in [3.8, 4) is 0 Å². The molecule has 1 heterocycles. The first kappa shape index (κ1) is 12.6. The molecule has 15 heavy (non-hydrogen) atoms. The number of hydrogen-bond acceptors (Lipinski definition) is 3. The van der Waals surface area contributed by atoms with Crippen LogP contribution in [0.3, 0.4) is 0 Å². The summed E-state index contributed by atoms with van der Waals surface area (Å²) in [7, 11) is 0. The lowest BCUT2D eigenvalue weighted by Crippen LogP contribution is -2.23. The quantitative estimate of drug-likeness (QED) is 0.612. The third-order valence-electron chi connectivity index (χ3n) is 2.26. The summed E-state index contributed by atoms with van der Waals surface area (Å²) in [5.41, 5.74) is -0.587. The average molecular weight is 244 g/mol. The van der Waals surface area contributed by atoms with Crippen LogP contribution in [0.5, 0.6) is 0 Å². The molecule has 0 amide bonds. The number of carbonyl (C=O) groups is 1. The van der Waals surface area contributed by atoms with Gasteiger partial charge in [-0.15, -0.1) is 23.1 Å². The maximum absolute atomic E-state index is 10.8. The third-order valence-corrected chi connectivity index (χ3v) is 4.48. The molecule has 2 nitrogen and oxygen atoms in total. The first-order chi connectivity index (χ1) is 7.02. The standard InChI is InChI=1S/C11H16O2S2/c1-11(2,10(12)13)6-4-8-15-9-5-3-7-14-9/h3,5,7H,4,6,8H2,1-2H3,(H,12,13). The van der Waals surface area contributed by atoms with E-state index in [-0.39, 0.29) is 0 Å². The van der Waals surface area contributed by atoms with Crippen molar-refractivity contribution in [3.63, 3.8) is 0 Å². The van der Waals surface area contributed by atoms with Crippen LogP contribution in [0, 0.1) is 5.41 Å². The van der Waals surface area contributed by atoms with E-state index < -0.39 is 11.4 Å². The van der Waals surface area contributed by atoms with Crippen LogP contribution < -0.4 is 0 Å². The first-order valence-electron chi connectivity index (χ1n) is 4.92. The molecule has 1 N–H and O–H groups in total. The zero-order valence-electron chi connectivity index (χ0n) is 9.03. The van der Waals surface area contributed by atoms with E-state index in [4.69, 9.17) is 5.11 Å². The van der Waals surface area contributed by atoms with E-state index in [1.165, 1.54) is 4.21 Å². The van der Waals surface area contributed by atoms with E-state index in [0.717, 1.165) is 18.6 Å². The van der Waals surface area contributed by atoms with E-state index in [1.54, 1.807) is 36.9 Å². The number of thiophene rings is 1. The maximum Gasteiger partial charge on any atom is 0.309 e. The predicted octanol–water partition coefficient (Wildman–Crippen LogP) is 3.73. The summed E-state index contributed by atoms with van der Waals surface area (Å²) < 4.78 is 1.31. The number of aliphatic carboxylic acids is 1. The van der Waals surface area contributed by atoms with Crippen LogP contribution in [0.15, 0.2) is 21.7 Å². The predicted molar refractivity (Wildman–Crippen MR) is 65.7 cm³/mol. The molecule has 0 spiro atoms. The minimum absolute atomic E-state index is 0.587. The zero-order valence-corrected chi connectivity index (χ0v) is 10.7. The van der Waals surface area contributed by atoms with Crippen LogP contribution in [-0.2, 0) is 4.79 Å². The van der Waals surface area contributed by atoms with Gasteiger partial charge >= 0.3 is 5.97 Å². The van der Waals surface area contributed by atoms with Gasteiger partial charge in [0.05, 0.1) is 9.62 Å². The number of carboxylic acid groups (broad SMARTS) is 1. The Labute approximate surface area is 98.7 Å². The van der Waals surface area contributed by atoms with Gasteiger partial charge in [0.1, 0.15) is 0 Å². The molecule has 1 aromatic rings. The fraction of sp³-hybridized carbons (Fsp3) is 0.545. The lowest BCUT2D eigenvalue weighted by atomic mass is 9.88. The number of carboxylic acids is 1. The molecule has 0 aliphatic rings. The topological polar surface area (TPSA) is 37.3 Å². The minimum Gasteiger partial charge on any atom is -0.481 e. The number of hydrogen-bond donors (Lipinski definition) is 1. The van der Waals surface area contributed by atoms with E-state index in [9.17, 15) is 4.79 Å². The fourth-order valence-electron chi connectivity index (χ4n) is 1.14. The van der Waals surface area contributed by atoms with E-state index in [1.807, 2.05) is 6.07 Å². The molecule has 0 fully saturated rings. The van der Waals surface area contributed by atoms with Gasteiger partial charge in [0, 0.05) is 0 Å². The van der Waals surface area contributed by atoms with Crippen molar-refractivity contribution in [1.82, 2.24) is 0 Å². The van der Waals surface area contributed by atoms with Crippen LogP contribution in [-0.4, -0.2) is 16.8 Å². The van der Waals surface area contributed by atoms with E-state index in [0.29, 0.717) is 0 Å². The van der Waals surface area contributed by atoms with Gasteiger partial charge in [0.25, 0.3) is 0 Å². The van der Waals surface area contributed by atoms with Crippen molar-refractivity contribution in [3.05, 3.63) is 17.5 Å². The Morgan fingerprint density at radius 1 is 1.60 bits per heavy atom. The largest absolute Gasteiger partial charge is 0.481 e. The summed E-state index contributed by atoms with van der Waals surface area (Å²) >= 11 is 3.54. The highest BCUT2D eigenvalue weighted by molar-refractivity contribution is 8.01. The van der Waals surface area contributed by atoms with Crippen molar-refractivity contribution in [2.24, 2.45) is 5.41 Å². The van der Waals surface area contributed by atoms with Crippen molar-refractivity contribution >= 4 is 29.1 Å². The Bertz CT molecular complexity index is 304. The molecule has 1 aromatic heterocycles. The lowest BCUT2D eigenvalue weighted by Gasteiger charge is -2.18. The second kappa shape index (κ2) is 5.56. The summed E-state index contributed by atoms with van der Waals surface area (Å²) in [6, 6.07) is 4.13. The molecule has 0 unspecified atom stereocenters. The molecule has 0 aliphatic heterocycles. The second-order valence-corrected chi connectivity index (χ2v) is 6.42. The SMILES string of the molecule is CC(C)(CCCSc1cccs1)C(=O)O. The lowest BCUT2D eigenvalue weighted by molar-refractivity contribution is -0.147. The van der Waals surface area contributed by atoms with Crippen LogP contribution in [0.25, 0.3) is 0 Å². The molecule has 0 atom stereocenters. The fourth-order valence-corrected chi connectivity index (χ4v) is 2.94. The molecular formula is C11H16O2S2. The summed E-state index contributed by atoms with van der Waals surface area (Å²) in [4.78, 5) is 10.8. The average Bonchev–Trinajstić information content (AvgIpc) is 2.64. The molecule has 0 aliphatic carbocycles. The van der Waals surface area contributed by atoms with Gasteiger partial charge in [-0.2, -0.15) is 0 Å². The number of thioether (sulfide) groups is 1. The monoisotopic (exact) mass is 244 g/mol. The van der Waals surface area contributed by atoms with Crippen LogP contribution in [0.4, 0.5) is 0 Å². The molecule has 1 rings (SSSR count). The highest BCUT2D eigenvalue weighted by atomic mass is 32.2. The Kier molecular flexibility index (Phi) is 4.67. The van der Waals surface area contributed by atoms with Gasteiger partial charge in [-0.1, -0.05) is 6.07 Å². The molecule has 84 valence electrons. The first-order valence-corrected chi connectivity index (χ1v) is 6.78. The highest BCUT2D eigenvalue weighted by Crippen LogP contribution is 2.28. The van der Waals surface area contributed by atoms with E-state index >= 15 is 0 Å². The highest BCUT2D eigenvalue weighted by Gasteiger charge is 2.25. The van der Waals surface area contributed by atoms with Crippen LogP contribution >= 0.6 is 23.1 Å². The summed E-state index contributed by atoms with van der Waals surface area (Å²) in [5, 5.41) is 11.0. The Balaban J connectivity index is 2.19. The molecule has 0 aromatic carbocycles. The van der Waals surface area contributed by atoms with Gasteiger partial charge in [0.2, 0.25) is 0 Å². The maximum atomic E-state index is 10.8. The van der Waals surface area contributed by atoms with Crippen LogP contribution in [0.2, 0.25) is 0 Å². The molecule has 0 saturated carbocycles. The molecular weight excluding hydrogens is 228 g/mol.